The van der Waals surface area contributed by atoms with Gasteiger partial charge in [0, 0.05) is 17.3 Å². The van der Waals surface area contributed by atoms with Crippen LogP contribution in [0.3, 0.4) is 0 Å². The normalized spacial score (nSPS) is 22.5. The van der Waals surface area contributed by atoms with Gasteiger partial charge in [-0.3, -0.25) is 0 Å². The van der Waals surface area contributed by atoms with Crippen molar-refractivity contribution in [3.05, 3.63) is 34.0 Å². The van der Waals surface area contributed by atoms with Crippen LogP contribution >= 0.6 is 11.3 Å². The van der Waals surface area contributed by atoms with Crippen LogP contribution in [0.1, 0.15) is 29.2 Å². The van der Waals surface area contributed by atoms with E-state index in [2.05, 4.69) is 18.0 Å². The molecule has 13 heavy (non-hydrogen) atoms. The lowest BCUT2D eigenvalue weighted by atomic mass is 9.93. The Morgan fingerprint density at radius 3 is 3.15 bits per heavy atom. The molecule has 2 rings (SSSR count). The zero-order valence-electron chi connectivity index (χ0n) is 7.75. The van der Waals surface area contributed by atoms with E-state index in [-0.39, 0.29) is 0 Å². The van der Waals surface area contributed by atoms with Crippen LogP contribution < -0.4 is 5.73 Å². The SMILES string of the molecule is C=C1CCCc2sccc2C1CN. The van der Waals surface area contributed by atoms with Crippen molar-refractivity contribution in [3.63, 3.8) is 0 Å². The molecular weight excluding hydrogens is 178 g/mol. The molecule has 1 atom stereocenters. The summed E-state index contributed by atoms with van der Waals surface area (Å²) in [5.74, 6) is 0.420. The van der Waals surface area contributed by atoms with Crippen LogP contribution in [-0.2, 0) is 6.42 Å². The Balaban J connectivity index is 2.39. The lowest BCUT2D eigenvalue weighted by molar-refractivity contribution is 0.752. The molecule has 70 valence electrons. The first kappa shape index (κ1) is 8.97. The van der Waals surface area contributed by atoms with Gasteiger partial charge in [0.15, 0.2) is 0 Å². The molecule has 1 unspecified atom stereocenters. The largest absolute Gasteiger partial charge is 0.330 e. The second kappa shape index (κ2) is 3.64. The monoisotopic (exact) mass is 193 g/mol. The molecule has 0 aromatic carbocycles. The van der Waals surface area contributed by atoms with Crippen LogP contribution in [-0.4, -0.2) is 6.54 Å². The molecule has 0 saturated heterocycles. The van der Waals surface area contributed by atoms with Gasteiger partial charge >= 0.3 is 0 Å². The van der Waals surface area contributed by atoms with Gasteiger partial charge < -0.3 is 5.73 Å². The summed E-state index contributed by atoms with van der Waals surface area (Å²) in [4.78, 5) is 1.52. The Bertz CT molecular complexity index is 314. The van der Waals surface area contributed by atoms with E-state index in [1.54, 1.807) is 0 Å². The molecule has 0 amide bonds. The molecule has 2 N–H and O–H groups in total. The quantitative estimate of drug-likeness (QED) is 0.538. The van der Waals surface area contributed by atoms with Crippen LogP contribution in [0.25, 0.3) is 0 Å². The molecule has 0 bridgehead atoms. The Kier molecular flexibility index (Phi) is 2.51. The van der Waals surface area contributed by atoms with Crippen LogP contribution in [0, 0.1) is 0 Å². The van der Waals surface area contributed by atoms with E-state index in [0.29, 0.717) is 12.5 Å². The van der Waals surface area contributed by atoms with Crippen molar-refractivity contribution in [2.75, 3.05) is 6.54 Å². The van der Waals surface area contributed by atoms with Gasteiger partial charge in [-0.05, 0) is 36.3 Å². The van der Waals surface area contributed by atoms with Crippen molar-refractivity contribution in [1.82, 2.24) is 0 Å². The van der Waals surface area contributed by atoms with Crippen LogP contribution in [0.5, 0.6) is 0 Å². The summed E-state index contributed by atoms with van der Waals surface area (Å²) in [6.45, 7) is 4.84. The van der Waals surface area contributed by atoms with Gasteiger partial charge in [-0.15, -0.1) is 11.3 Å². The second-order valence-corrected chi connectivity index (χ2v) is 4.60. The van der Waals surface area contributed by atoms with Crippen LogP contribution in [0.15, 0.2) is 23.6 Å². The Morgan fingerprint density at radius 1 is 1.54 bits per heavy atom. The number of hydrogen-bond donors (Lipinski definition) is 1. The van der Waals surface area contributed by atoms with Crippen LogP contribution in [0.4, 0.5) is 0 Å². The smallest absolute Gasteiger partial charge is 0.0179 e. The Hall–Kier alpha value is -0.600. The van der Waals surface area contributed by atoms with E-state index in [9.17, 15) is 0 Å². The van der Waals surface area contributed by atoms with Crippen molar-refractivity contribution >= 4 is 11.3 Å². The highest BCUT2D eigenvalue weighted by Crippen LogP contribution is 2.35. The number of thiophene rings is 1. The van der Waals surface area contributed by atoms with Gasteiger partial charge in [0.1, 0.15) is 0 Å². The standard InChI is InChI=1S/C11H15NS/c1-8-3-2-4-11-9(5-6-13-11)10(8)7-12/h5-6,10H,1-4,7,12H2. The predicted molar refractivity (Wildman–Crippen MR) is 58.2 cm³/mol. The third-order valence-electron chi connectivity index (χ3n) is 2.79. The topological polar surface area (TPSA) is 26.0 Å². The van der Waals surface area contributed by atoms with E-state index in [0.717, 1.165) is 6.42 Å². The summed E-state index contributed by atoms with van der Waals surface area (Å²) in [5.41, 5.74) is 8.54. The first-order valence-electron chi connectivity index (χ1n) is 4.77. The van der Waals surface area contributed by atoms with Gasteiger partial charge in [0.05, 0.1) is 0 Å². The third-order valence-corrected chi connectivity index (χ3v) is 3.78. The maximum absolute atomic E-state index is 5.78. The lowest BCUT2D eigenvalue weighted by Gasteiger charge is -2.14. The van der Waals surface area contributed by atoms with Crippen molar-refractivity contribution in [3.8, 4) is 0 Å². The molecule has 0 saturated carbocycles. The number of rotatable bonds is 1. The number of aryl methyl sites for hydroxylation is 1. The summed E-state index contributed by atoms with van der Waals surface area (Å²) in [6.07, 6.45) is 3.59. The minimum absolute atomic E-state index is 0.420. The van der Waals surface area contributed by atoms with E-state index < -0.39 is 0 Å². The molecule has 1 aromatic rings. The molecule has 1 nitrogen and oxygen atoms in total. The first-order chi connectivity index (χ1) is 6.33. The molecule has 1 heterocycles. The van der Waals surface area contributed by atoms with E-state index in [1.807, 2.05) is 11.3 Å². The first-order valence-corrected chi connectivity index (χ1v) is 5.65. The molecule has 1 aliphatic rings. The molecule has 1 aromatic heterocycles. The summed E-state index contributed by atoms with van der Waals surface area (Å²) in [5, 5.41) is 2.17. The molecule has 0 radical (unpaired) electrons. The predicted octanol–water partition coefficient (Wildman–Crippen LogP) is 2.68. The van der Waals surface area contributed by atoms with Crippen molar-refractivity contribution in [2.24, 2.45) is 5.73 Å². The third kappa shape index (κ3) is 1.56. The molecule has 0 aliphatic heterocycles. The van der Waals surface area contributed by atoms with Gasteiger partial charge in [0.25, 0.3) is 0 Å². The lowest BCUT2D eigenvalue weighted by Crippen LogP contribution is -2.13. The van der Waals surface area contributed by atoms with Crippen LogP contribution in [0.2, 0.25) is 0 Å². The minimum atomic E-state index is 0.420. The summed E-state index contributed by atoms with van der Waals surface area (Å²) in [7, 11) is 0. The fourth-order valence-corrected chi connectivity index (χ4v) is 3.02. The average Bonchev–Trinajstić information content (AvgIpc) is 2.50. The molecule has 2 heteroatoms. The maximum Gasteiger partial charge on any atom is 0.0179 e. The highest BCUT2D eigenvalue weighted by atomic mass is 32.1. The fourth-order valence-electron chi connectivity index (χ4n) is 2.03. The fraction of sp³-hybridized carbons (Fsp3) is 0.455. The number of nitrogens with two attached hydrogens (primary N) is 1. The molecule has 0 fully saturated rings. The van der Waals surface area contributed by atoms with Crippen molar-refractivity contribution in [2.45, 2.75) is 25.2 Å². The Morgan fingerprint density at radius 2 is 2.38 bits per heavy atom. The molecule has 0 spiro atoms. The highest BCUT2D eigenvalue weighted by molar-refractivity contribution is 7.10. The highest BCUT2D eigenvalue weighted by Gasteiger charge is 2.20. The zero-order valence-corrected chi connectivity index (χ0v) is 8.57. The van der Waals surface area contributed by atoms with Gasteiger partial charge in [0.2, 0.25) is 0 Å². The number of fused-ring (bicyclic) bond motifs is 1. The molecule has 1 aliphatic carbocycles. The van der Waals surface area contributed by atoms with Crippen molar-refractivity contribution < 1.29 is 0 Å². The summed E-state index contributed by atoms with van der Waals surface area (Å²) >= 11 is 1.86. The maximum atomic E-state index is 5.78. The average molecular weight is 193 g/mol. The van der Waals surface area contributed by atoms with Gasteiger partial charge in [-0.1, -0.05) is 12.2 Å². The summed E-state index contributed by atoms with van der Waals surface area (Å²) in [6, 6.07) is 2.22. The zero-order chi connectivity index (χ0) is 9.26. The van der Waals surface area contributed by atoms with E-state index >= 15 is 0 Å². The van der Waals surface area contributed by atoms with Gasteiger partial charge in [-0.2, -0.15) is 0 Å². The minimum Gasteiger partial charge on any atom is -0.330 e. The second-order valence-electron chi connectivity index (χ2n) is 3.60. The van der Waals surface area contributed by atoms with E-state index in [4.69, 9.17) is 5.73 Å². The number of hydrogen-bond acceptors (Lipinski definition) is 2. The molecular formula is C11H15NS. The van der Waals surface area contributed by atoms with Gasteiger partial charge in [-0.25, -0.2) is 0 Å². The van der Waals surface area contributed by atoms with E-state index in [1.165, 1.54) is 28.9 Å². The Labute approximate surface area is 83.3 Å². The summed E-state index contributed by atoms with van der Waals surface area (Å²) < 4.78 is 0. The van der Waals surface area contributed by atoms with Crippen molar-refractivity contribution in [1.29, 1.82) is 0 Å².